The van der Waals surface area contributed by atoms with Crippen LogP contribution in [0.25, 0.3) is 0 Å². The fraction of sp³-hybridized carbons (Fsp3) is 0.667. The molecule has 0 spiro atoms. The van der Waals surface area contributed by atoms with Gasteiger partial charge in [0.1, 0.15) is 0 Å². The van der Waals surface area contributed by atoms with Gasteiger partial charge in [-0.25, -0.2) is 4.98 Å². The highest BCUT2D eigenvalue weighted by Crippen LogP contribution is 2.01. The average molecular weight is 239 g/mol. The molecule has 0 aliphatic carbocycles. The van der Waals surface area contributed by atoms with Gasteiger partial charge in [-0.1, -0.05) is 0 Å². The summed E-state index contributed by atoms with van der Waals surface area (Å²) >= 11 is 0. The maximum absolute atomic E-state index is 11.9. The molecular formula is C12H21N3O2. The standard InChI is InChI=1S/C12H21N3O2/c1-4-17-9-5-6-13-11-12(16)15(10(2)3)8-7-14-11/h7-8,10H,4-6,9H2,1-3H3,(H,13,14). The molecule has 0 aliphatic rings. The van der Waals surface area contributed by atoms with E-state index in [0.29, 0.717) is 19.0 Å². The summed E-state index contributed by atoms with van der Waals surface area (Å²) in [6, 6.07) is 0.148. The molecule has 0 bridgehead atoms. The normalized spacial score (nSPS) is 10.8. The smallest absolute Gasteiger partial charge is 0.293 e. The first kappa shape index (κ1) is 13.7. The van der Waals surface area contributed by atoms with Crippen molar-refractivity contribution in [2.75, 3.05) is 25.1 Å². The third kappa shape index (κ3) is 4.19. The fourth-order valence-electron chi connectivity index (χ4n) is 1.48. The third-order valence-electron chi connectivity index (χ3n) is 2.39. The van der Waals surface area contributed by atoms with Crippen LogP contribution in [0.2, 0.25) is 0 Å². The first-order valence-corrected chi connectivity index (χ1v) is 6.05. The topological polar surface area (TPSA) is 56.1 Å². The summed E-state index contributed by atoms with van der Waals surface area (Å²) in [7, 11) is 0. The van der Waals surface area contributed by atoms with Gasteiger partial charge in [0.05, 0.1) is 0 Å². The summed E-state index contributed by atoms with van der Waals surface area (Å²) in [4.78, 5) is 16.0. The minimum Gasteiger partial charge on any atom is -0.382 e. The molecule has 1 rings (SSSR count). The Morgan fingerprint density at radius 1 is 1.53 bits per heavy atom. The van der Waals surface area contributed by atoms with Crippen molar-refractivity contribution in [1.29, 1.82) is 0 Å². The van der Waals surface area contributed by atoms with Crippen molar-refractivity contribution < 1.29 is 4.74 Å². The minimum absolute atomic E-state index is 0.0705. The van der Waals surface area contributed by atoms with Crippen LogP contribution in [-0.2, 0) is 4.74 Å². The Morgan fingerprint density at radius 3 is 2.94 bits per heavy atom. The van der Waals surface area contributed by atoms with Crippen LogP contribution in [-0.4, -0.2) is 29.3 Å². The van der Waals surface area contributed by atoms with E-state index in [1.165, 1.54) is 0 Å². The van der Waals surface area contributed by atoms with E-state index in [-0.39, 0.29) is 11.6 Å². The van der Waals surface area contributed by atoms with E-state index in [1.54, 1.807) is 17.0 Å². The van der Waals surface area contributed by atoms with Crippen LogP contribution in [0.1, 0.15) is 33.2 Å². The van der Waals surface area contributed by atoms with Gasteiger partial charge in [-0.05, 0) is 27.2 Å². The lowest BCUT2D eigenvalue weighted by Gasteiger charge is -2.11. The summed E-state index contributed by atoms with van der Waals surface area (Å²) < 4.78 is 6.88. The first-order chi connectivity index (χ1) is 8.16. The van der Waals surface area contributed by atoms with Crippen LogP contribution >= 0.6 is 0 Å². The maximum Gasteiger partial charge on any atom is 0.293 e. The van der Waals surface area contributed by atoms with Crippen LogP contribution in [0.5, 0.6) is 0 Å². The van der Waals surface area contributed by atoms with Gasteiger partial charge in [-0.15, -0.1) is 0 Å². The van der Waals surface area contributed by atoms with Crippen LogP contribution in [0.3, 0.4) is 0 Å². The Bertz CT molecular complexity index is 388. The molecule has 17 heavy (non-hydrogen) atoms. The predicted molar refractivity (Wildman–Crippen MR) is 68.5 cm³/mol. The van der Waals surface area contributed by atoms with Gasteiger partial charge >= 0.3 is 0 Å². The van der Waals surface area contributed by atoms with Gasteiger partial charge in [-0.2, -0.15) is 0 Å². The zero-order valence-electron chi connectivity index (χ0n) is 10.8. The number of anilines is 1. The highest BCUT2D eigenvalue weighted by atomic mass is 16.5. The lowest BCUT2D eigenvalue weighted by molar-refractivity contribution is 0.147. The summed E-state index contributed by atoms with van der Waals surface area (Å²) in [5.74, 6) is 0.415. The van der Waals surface area contributed by atoms with Crippen LogP contribution in [0.4, 0.5) is 5.82 Å². The lowest BCUT2D eigenvalue weighted by Crippen LogP contribution is -2.26. The zero-order chi connectivity index (χ0) is 12.7. The van der Waals surface area contributed by atoms with Gasteiger partial charge in [0.2, 0.25) is 0 Å². The van der Waals surface area contributed by atoms with Crippen molar-refractivity contribution in [2.45, 2.75) is 33.2 Å². The molecule has 1 heterocycles. The molecule has 0 fully saturated rings. The summed E-state index contributed by atoms with van der Waals surface area (Å²) in [6.45, 7) is 8.04. The third-order valence-corrected chi connectivity index (χ3v) is 2.39. The second kappa shape index (κ2) is 7.06. The molecule has 0 saturated heterocycles. The SMILES string of the molecule is CCOCCCNc1nccn(C(C)C)c1=O. The number of nitrogens with zero attached hydrogens (tertiary/aromatic N) is 2. The monoisotopic (exact) mass is 239 g/mol. The average Bonchev–Trinajstić information content (AvgIpc) is 2.30. The molecule has 0 amide bonds. The minimum atomic E-state index is -0.0705. The van der Waals surface area contributed by atoms with E-state index in [4.69, 9.17) is 4.74 Å². The Kier molecular flexibility index (Phi) is 5.69. The molecule has 0 radical (unpaired) electrons. The van der Waals surface area contributed by atoms with Gasteiger partial charge in [0.25, 0.3) is 5.56 Å². The molecule has 0 atom stereocenters. The lowest BCUT2D eigenvalue weighted by atomic mass is 10.4. The van der Waals surface area contributed by atoms with E-state index in [9.17, 15) is 4.79 Å². The number of hydrogen-bond acceptors (Lipinski definition) is 4. The van der Waals surface area contributed by atoms with E-state index in [0.717, 1.165) is 13.0 Å². The van der Waals surface area contributed by atoms with Crippen molar-refractivity contribution in [3.8, 4) is 0 Å². The molecule has 1 aromatic heterocycles. The van der Waals surface area contributed by atoms with Crippen molar-refractivity contribution in [3.63, 3.8) is 0 Å². The largest absolute Gasteiger partial charge is 0.382 e. The van der Waals surface area contributed by atoms with E-state index >= 15 is 0 Å². The quantitative estimate of drug-likeness (QED) is 0.735. The number of aromatic nitrogens is 2. The fourth-order valence-corrected chi connectivity index (χ4v) is 1.48. The van der Waals surface area contributed by atoms with Gasteiger partial charge < -0.3 is 14.6 Å². The Morgan fingerprint density at radius 2 is 2.29 bits per heavy atom. The Balaban J connectivity index is 2.54. The van der Waals surface area contributed by atoms with E-state index in [1.807, 2.05) is 20.8 Å². The van der Waals surface area contributed by atoms with Crippen molar-refractivity contribution in [3.05, 3.63) is 22.7 Å². The van der Waals surface area contributed by atoms with Crippen LogP contribution in [0.15, 0.2) is 17.2 Å². The van der Waals surface area contributed by atoms with Crippen molar-refractivity contribution in [2.24, 2.45) is 0 Å². The second-order valence-corrected chi connectivity index (χ2v) is 4.06. The van der Waals surface area contributed by atoms with Gasteiger partial charge in [-0.3, -0.25) is 4.79 Å². The molecule has 0 unspecified atom stereocenters. The molecule has 5 nitrogen and oxygen atoms in total. The number of ether oxygens (including phenoxy) is 1. The highest BCUT2D eigenvalue weighted by molar-refractivity contribution is 5.30. The molecule has 1 N–H and O–H groups in total. The van der Waals surface area contributed by atoms with Crippen molar-refractivity contribution in [1.82, 2.24) is 9.55 Å². The first-order valence-electron chi connectivity index (χ1n) is 6.05. The van der Waals surface area contributed by atoms with Crippen LogP contribution < -0.4 is 10.9 Å². The molecule has 5 heteroatoms. The second-order valence-electron chi connectivity index (χ2n) is 4.06. The van der Waals surface area contributed by atoms with Gasteiger partial charge in [0.15, 0.2) is 5.82 Å². The molecule has 96 valence electrons. The molecule has 0 aromatic carbocycles. The molecular weight excluding hydrogens is 218 g/mol. The van der Waals surface area contributed by atoms with Gasteiger partial charge in [0, 0.05) is 38.2 Å². The molecule has 0 aliphatic heterocycles. The number of rotatable bonds is 7. The van der Waals surface area contributed by atoms with Crippen molar-refractivity contribution >= 4 is 5.82 Å². The zero-order valence-corrected chi connectivity index (χ0v) is 10.8. The number of hydrogen-bond donors (Lipinski definition) is 1. The number of nitrogens with one attached hydrogen (secondary N) is 1. The van der Waals surface area contributed by atoms with E-state index in [2.05, 4.69) is 10.3 Å². The van der Waals surface area contributed by atoms with E-state index < -0.39 is 0 Å². The summed E-state index contributed by atoms with van der Waals surface area (Å²) in [5, 5.41) is 3.04. The van der Waals surface area contributed by atoms with Crippen LogP contribution in [0, 0.1) is 0 Å². The molecule has 0 saturated carbocycles. The molecule has 1 aromatic rings. The maximum atomic E-state index is 11.9. The Labute approximate surface area is 102 Å². The predicted octanol–water partition coefficient (Wildman–Crippen LogP) is 1.66. The summed E-state index contributed by atoms with van der Waals surface area (Å²) in [6.07, 6.45) is 4.22. The highest BCUT2D eigenvalue weighted by Gasteiger charge is 2.05. The summed E-state index contributed by atoms with van der Waals surface area (Å²) in [5.41, 5.74) is -0.0705. The Hall–Kier alpha value is -1.36.